The lowest BCUT2D eigenvalue weighted by Crippen LogP contribution is -2.55. The average molecular weight is 340 g/mol. The molecule has 1 fully saturated rings. The van der Waals surface area contributed by atoms with Crippen molar-refractivity contribution in [2.75, 3.05) is 31.6 Å². The smallest absolute Gasteiger partial charge is 0.0413 e. The Bertz CT molecular complexity index is 437. The standard InChI is InChI=1S/C16H26BrN3/c1-5-18-9-14-8-15(17)6-7-16(14)20-10-12(2)19(4)13(3)11-20/h6-8,12-13,18H,5,9-11H2,1-4H3. The maximum atomic E-state index is 3.59. The minimum Gasteiger partial charge on any atom is -0.368 e. The SMILES string of the molecule is CCNCc1cc(Br)ccc1N1CC(C)N(C)C(C)C1. The summed E-state index contributed by atoms with van der Waals surface area (Å²) in [6.45, 7) is 10.9. The van der Waals surface area contributed by atoms with Gasteiger partial charge in [0.25, 0.3) is 0 Å². The highest BCUT2D eigenvalue weighted by atomic mass is 79.9. The lowest BCUT2D eigenvalue weighted by molar-refractivity contribution is 0.170. The number of piperazine rings is 1. The van der Waals surface area contributed by atoms with Crippen molar-refractivity contribution in [2.24, 2.45) is 0 Å². The number of hydrogen-bond donors (Lipinski definition) is 1. The lowest BCUT2D eigenvalue weighted by Gasteiger charge is -2.44. The van der Waals surface area contributed by atoms with Crippen LogP contribution >= 0.6 is 15.9 Å². The second-order valence-electron chi connectivity index (χ2n) is 5.82. The van der Waals surface area contributed by atoms with Gasteiger partial charge in [-0.3, -0.25) is 4.90 Å². The van der Waals surface area contributed by atoms with E-state index >= 15 is 0 Å². The number of hydrogen-bond acceptors (Lipinski definition) is 3. The van der Waals surface area contributed by atoms with Gasteiger partial charge in [0.2, 0.25) is 0 Å². The fourth-order valence-electron chi connectivity index (χ4n) is 2.86. The zero-order chi connectivity index (χ0) is 14.7. The maximum Gasteiger partial charge on any atom is 0.0413 e. The molecule has 1 saturated heterocycles. The quantitative estimate of drug-likeness (QED) is 0.909. The van der Waals surface area contributed by atoms with Crippen LogP contribution in [-0.2, 0) is 6.54 Å². The third kappa shape index (κ3) is 3.54. The topological polar surface area (TPSA) is 18.5 Å². The molecule has 1 aromatic carbocycles. The average Bonchev–Trinajstić information content (AvgIpc) is 2.42. The van der Waals surface area contributed by atoms with Gasteiger partial charge in [0.15, 0.2) is 0 Å². The van der Waals surface area contributed by atoms with Gasteiger partial charge in [-0.2, -0.15) is 0 Å². The molecule has 2 atom stereocenters. The summed E-state index contributed by atoms with van der Waals surface area (Å²) in [5, 5.41) is 3.44. The zero-order valence-corrected chi connectivity index (χ0v) is 14.6. The van der Waals surface area contributed by atoms with Crippen molar-refractivity contribution in [3.05, 3.63) is 28.2 Å². The molecule has 0 amide bonds. The highest BCUT2D eigenvalue weighted by Crippen LogP contribution is 2.28. The molecule has 4 heteroatoms. The van der Waals surface area contributed by atoms with Crippen LogP contribution in [0.4, 0.5) is 5.69 Å². The number of anilines is 1. The molecule has 1 N–H and O–H groups in total. The lowest BCUT2D eigenvalue weighted by atomic mass is 10.1. The Balaban J connectivity index is 2.23. The molecular formula is C16H26BrN3. The number of nitrogens with one attached hydrogen (secondary N) is 1. The molecule has 3 nitrogen and oxygen atoms in total. The molecular weight excluding hydrogens is 314 g/mol. The summed E-state index contributed by atoms with van der Waals surface area (Å²) < 4.78 is 1.16. The van der Waals surface area contributed by atoms with Crippen LogP contribution < -0.4 is 10.2 Å². The summed E-state index contributed by atoms with van der Waals surface area (Å²) >= 11 is 3.59. The van der Waals surface area contributed by atoms with E-state index in [1.807, 2.05) is 0 Å². The molecule has 20 heavy (non-hydrogen) atoms. The fourth-order valence-corrected chi connectivity index (χ4v) is 3.27. The van der Waals surface area contributed by atoms with Crippen molar-refractivity contribution in [1.82, 2.24) is 10.2 Å². The highest BCUT2D eigenvalue weighted by molar-refractivity contribution is 9.10. The van der Waals surface area contributed by atoms with E-state index in [2.05, 4.69) is 77.1 Å². The molecule has 1 aromatic rings. The van der Waals surface area contributed by atoms with E-state index in [1.54, 1.807) is 0 Å². The van der Waals surface area contributed by atoms with Crippen molar-refractivity contribution < 1.29 is 0 Å². The van der Waals surface area contributed by atoms with E-state index < -0.39 is 0 Å². The first-order chi connectivity index (χ1) is 9.52. The van der Waals surface area contributed by atoms with Crippen molar-refractivity contribution in [2.45, 2.75) is 39.4 Å². The molecule has 1 aliphatic heterocycles. The van der Waals surface area contributed by atoms with Crippen LogP contribution in [0.5, 0.6) is 0 Å². The summed E-state index contributed by atoms with van der Waals surface area (Å²) in [4.78, 5) is 5.01. The normalized spacial score (nSPS) is 24.1. The number of nitrogens with zero attached hydrogens (tertiary/aromatic N) is 2. The molecule has 1 heterocycles. The predicted molar refractivity (Wildman–Crippen MR) is 90.4 cm³/mol. The Kier molecular flexibility index (Phi) is 5.47. The molecule has 0 saturated carbocycles. The first-order valence-corrected chi connectivity index (χ1v) is 8.28. The van der Waals surface area contributed by atoms with E-state index in [0.717, 1.165) is 30.7 Å². The Morgan fingerprint density at radius 3 is 2.50 bits per heavy atom. The number of halogens is 1. The van der Waals surface area contributed by atoms with Crippen molar-refractivity contribution in [3.8, 4) is 0 Å². The van der Waals surface area contributed by atoms with E-state index in [1.165, 1.54) is 11.3 Å². The summed E-state index contributed by atoms with van der Waals surface area (Å²) in [5.74, 6) is 0. The van der Waals surface area contributed by atoms with E-state index in [9.17, 15) is 0 Å². The van der Waals surface area contributed by atoms with Crippen LogP contribution in [0, 0.1) is 0 Å². The van der Waals surface area contributed by atoms with Crippen molar-refractivity contribution in [3.63, 3.8) is 0 Å². The fraction of sp³-hybridized carbons (Fsp3) is 0.625. The molecule has 112 valence electrons. The maximum absolute atomic E-state index is 3.59. The largest absolute Gasteiger partial charge is 0.368 e. The Hall–Kier alpha value is -0.580. The van der Waals surface area contributed by atoms with E-state index in [4.69, 9.17) is 0 Å². The van der Waals surface area contributed by atoms with Gasteiger partial charge in [-0.1, -0.05) is 22.9 Å². The molecule has 0 spiro atoms. The number of likely N-dealkylation sites (N-methyl/N-ethyl adjacent to an activating group) is 1. The van der Waals surface area contributed by atoms with Gasteiger partial charge in [-0.25, -0.2) is 0 Å². The minimum absolute atomic E-state index is 0.592. The first kappa shape index (κ1) is 15.8. The number of benzene rings is 1. The third-order valence-corrected chi connectivity index (χ3v) is 4.80. The number of rotatable bonds is 4. The van der Waals surface area contributed by atoms with Crippen LogP contribution in [0.1, 0.15) is 26.3 Å². The summed E-state index contributed by atoms with van der Waals surface area (Å²) in [6, 6.07) is 7.83. The Morgan fingerprint density at radius 1 is 1.25 bits per heavy atom. The summed E-state index contributed by atoms with van der Waals surface area (Å²) in [5.41, 5.74) is 2.76. The van der Waals surface area contributed by atoms with Gasteiger partial charge in [-0.15, -0.1) is 0 Å². The molecule has 0 radical (unpaired) electrons. The summed E-state index contributed by atoms with van der Waals surface area (Å²) in [6.07, 6.45) is 0. The Morgan fingerprint density at radius 2 is 1.90 bits per heavy atom. The van der Waals surface area contributed by atoms with Crippen LogP contribution in [0.25, 0.3) is 0 Å². The minimum atomic E-state index is 0.592. The highest BCUT2D eigenvalue weighted by Gasteiger charge is 2.27. The molecule has 2 rings (SSSR count). The van der Waals surface area contributed by atoms with Crippen LogP contribution in [0.15, 0.2) is 22.7 Å². The molecule has 0 bridgehead atoms. The molecule has 0 aliphatic carbocycles. The van der Waals surface area contributed by atoms with Gasteiger partial charge < -0.3 is 10.2 Å². The van der Waals surface area contributed by atoms with Gasteiger partial charge >= 0.3 is 0 Å². The van der Waals surface area contributed by atoms with Gasteiger partial charge in [-0.05, 0) is 51.2 Å². The van der Waals surface area contributed by atoms with Crippen LogP contribution in [0.3, 0.4) is 0 Å². The molecule has 1 aliphatic rings. The molecule has 0 aromatic heterocycles. The van der Waals surface area contributed by atoms with Crippen LogP contribution in [0.2, 0.25) is 0 Å². The molecule has 2 unspecified atom stereocenters. The monoisotopic (exact) mass is 339 g/mol. The van der Waals surface area contributed by atoms with Gasteiger partial charge in [0.1, 0.15) is 0 Å². The second kappa shape index (κ2) is 6.92. The zero-order valence-electron chi connectivity index (χ0n) is 13.0. The van der Waals surface area contributed by atoms with Gasteiger partial charge in [0.05, 0.1) is 0 Å². The van der Waals surface area contributed by atoms with E-state index in [-0.39, 0.29) is 0 Å². The van der Waals surface area contributed by atoms with Crippen molar-refractivity contribution in [1.29, 1.82) is 0 Å². The first-order valence-electron chi connectivity index (χ1n) is 7.49. The summed E-state index contributed by atoms with van der Waals surface area (Å²) in [7, 11) is 2.23. The Labute approximate surface area is 131 Å². The van der Waals surface area contributed by atoms with Crippen LogP contribution in [-0.4, -0.2) is 43.7 Å². The third-order valence-electron chi connectivity index (χ3n) is 4.31. The predicted octanol–water partition coefficient (Wildman–Crippen LogP) is 3.09. The van der Waals surface area contributed by atoms with E-state index in [0.29, 0.717) is 12.1 Å². The van der Waals surface area contributed by atoms with Gasteiger partial charge in [0, 0.05) is 41.9 Å². The van der Waals surface area contributed by atoms with Crippen molar-refractivity contribution >= 4 is 21.6 Å². The second-order valence-corrected chi connectivity index (χ2v) is 6.74.